The largest absolute Gasteiger partial charge is 0.386 e. The first-order chi connectivity index (χ1) is 11.6. The Labute approximate surface area is 142 Å². The van der Waals surface area contributed by atoms with Gasteiger partial charge in [0.25, 0.3) is 5.56 Å². The molecule has 3 aliphatic rings. The summed E-state index contributed by atoms with van der Waals surface area (Å²) in [4.78, 5) is 14.5. The quantitative estimate of drug-likeness (QED) is 0.874. The zero-order valence-electron chi connectivity index (χ0n) is 14.2. The minimum absolute atomic E-state index is 0.0356. The molecule has 1 atom stereocenters. The fourth-order valence-corrected chi connectivity index (χ4v) is 4.28. The molecule has 6 nitrogen and oxygen atoms in total. The van der Waals surface area contributed by atoms with Crippen LogP contribution in [0.25, 0.3) is 0 Å². The maximum absolute atomic E-state index is 12.2. The number of aromatic nitrogens is 2. The molecule has 132 valence electrons. The van der Waals surface area contributed by atoms with E-state index < -0.39 is 5.60 Å². The number of aryl methyl sites for hydroxylation is 2. The zero-order chi connectivity index (χ0) is 16.6. The number of β-amino-alcohol motifs (C(OH)–C–C–N with tert-alkyl or cyclic N) is 1. The van der Waals surface area contributed by atoms with E-state index in [4.69, 9.17) is 4.74 Å². The summed E-state index contributed by atoms with van der Waals surface area (Å²) in [5.41, 5.74) is 1.61. The predicted molar refractivity (Wildman–Crippen MR) is 90.1 cm³/mol. The molecule has 0 saturated carbocycles. The summed E-state index contributed by atoms with van der Waals surface area (Å²) in [5, 5.41) is 15.1. The van der Waals surface area contributed by atoms with Gasteiger partial charge in [-0.3, -0.25) is 9.69 Å². The Balaban J connectivity index is 1.33. The Morgan fingerprint density at radius 2 is 2.12 bits per heavy atom. The number of fused-ring (bicyclic) bond motifs is 1. The Kier molecular flexibility index (Phi) is 4.45. The molecule has 1 unspecified atom stereocenters. The SMILES string of the molecule is O=c1cc2c(nn1CC1CN(CC3(O)CCCOC3)C1)CCCC2. The van der Waals surface area contributed by atoms with Gasteiger partial charge in [-0.25, -0.2) is 4.68 Å². The molecule has 6 heteroatoms. The molecule has 0 aromatic carbocycles. The smallest absolute Gasteiger partial charge is 0.267 e. The lowest BCUT2D eigenvalue weighted by atomic mass is 9.92. The van der Waals surface area contributed by atoms with Crippen molar-refractivity contribution in [1.29, 1.82) is 0 Å². The maximum atomic E-state index is 12.2. The molecule has 0 spiro atoms. The van der Waals surface area contributed by atoms with E-state index in [0.717, 1.165) is 56.6 Å². The normalized spacial score (nSPS) is 28.4. The third-order valence-electron chi connectivity index (χ3n) is 5.56. The molecule has 0 bridgehead atoms. The first-order valence-corrected chi connectivity index (χ1v) is 9.24. The van der Waals surface area contributed by atoms with Crippen molar-refractivity contribution >= 4 is 0 Å². The highest BCUT2D eigenvalue weighted by molar-refractivity contribution is 5.20. The van der Waals surface area contributed by atoms with Crippen molar-refractivity contribution in [2.24, 2.45) is 5.92 Å². The molecule has 0 radical (unpaired) electrons. The van der Waals surface area contributed by atoms with Crippen molar-refractivity contribution in [2.45, 2.75) is 50.7 Å². The van der Waals surface area contributed by atoms with Crippen molar-refractivity contribution in [3.8, 4) is 0 Å². The summed E-state index contributed by atoms with van der Waals surface area (Å²) >= 11 is 0. The van der Waals surface area contributed by atoms with Gasteiger partial charge in [-0.05, 0) is 44.1 Å². The zero-order valence-corrected chi connectivity index (χ0v) is 14.2. The van der Waals surface area contributed by atoms with Crippen LogP contribution in [0, 0.1) is 5.92 Å². The van der Waals surface area contributed by atoms with Crippen LogP contribution in [0.5, 0.6) is 0 Å². The molecule has 3 heterocycles. The maximum Gasteiger partial charge on any atom is 0.267 e. The molecule has 1 aromatic heterocycles. The Morgan fingerprint density at radius 3 is 2.92 bits per heavy atom. The van der Waals surface area contributed by atoms with Crippen LogP contribution < -0.4 is 5.56 Å². The molecule has 1 N–H and O–H groups in total. The van der Waals surface area contributed by atoms with Crippen molar-refractivity contribution < 1.29 is 9.84 Å². The van der Waals surface area contributed by atoms with Crippen LogP contribution in [0.2, 0.25) is 0 Å². The number of hydrogen-bond donors (Lipinski definition) is 1. The van der Waals surface area contributed by atoms with Gasteiger partial charge in [0, 0.05) is 38.2 Å². The van der Waals surface area contributed by atoms with Crippen LogP contribution in [0.4, 0.5) is 0 Å². The number of hydrogen-bond acceptors (Lipinski definition) is 5. The fourth-order valence-electron chi connectivity index (χ4n) is 4.28. The molecule has 4 rings (SSSR count). The van der Waals surface area contributed by atoms with E-state index in [9.17, 15) is 9.90 Å². The van der Waals surface area contributed by atoms with E-state index in [1.807, 2.05) is 0 Å². The van der Waals surface area contributed by atoms with Crippen molar-refractivity contribution in [2.75, 3.05) is 32.8 Å². The summed E-state index contributed by atoms with van der Waals surface area (Å²) in [5.74, 6) is 0.449. The lowest BCUT2D eigenvalue weighted by Crippen LogP contribution is -2.57. The standard InChI is InChI=1S/C18H27N3O3/c22-17-8-15-4-1-2-5-16(15)19-21(17)11-14-9-20(10-14)12-18(23)6-3-7-24-13-18/h8,14,23H,1-7,9-13H2. The van der Waals surface area contributed by atoms with Crippen molar-refractivity contribution in [1.82, 2.24) is 14.7 Å². The number of aliphatic hydroxyl groups is 1. The Morgan fingerprint density at radius 1 is 1.29 bits per heavy atom. The third kappa shape index (κ3) is 3.41. The van der Waals surface area contributed by atoms with Crippen LogP contribution in [-0.4, -0.2) is 58.2 Å². The number of rotatable bonds is 4. The van der Waals surface area contributed by atoms with Gasteiger partial charge in [0.1, 0.15) is 5.60 Å². The first-order valence-electron chi connectivity index (χ1n) is 9.24. The molecule has 2 saturated heterocycles. The predicted octanol–water partition coefficient (Wildman–Crippen LogP) is 0.595. The average Bonchev–Trinajstić information content (AvgIpc) is 2.54. The molecule has 1 aromatic rings. The minimum Gasteiger partial charge on any atom is -0.386 e. The first kappa shape index (κ1) is 16.2. The third-order valence-corrected chi connectivity index (χ3v) is 5.56. The molecule has 2 fully saturated rings. The Hall–Kier alpha value is -1.24. The van der Waals surface area contributed by atoms with Gasteiger partial charge >= 0.3 is 0 Å². The second-order valence-electron chi connectivity index (χ2n) is 7.78. The van der Waals surface area contributed by atoms with Gasteiger partial charge in [0.15, 0.2) is 0 Å². The topological polar surface area (TPSA) is 67.6 Å². The monoisotopic (exact) mass is 333 g/mol. The summed E-state index contributed by atoms with van der Waals surface area (Å²) in [6, 6.07) is 1.79. The number of nitrogens with zero attached hydrogens (tertiary/aromatic N) is 3. The van der Waals surface area contributed by atoms with Crippen LogP contribution in [-0.2, 0) is 24.1 Å². The van der Waals surface area contributed by atoms with Crippen molar-refractivity contribution in [3.63, 3.8) is 0 Å². The summed E-state index contributed by atoms with van der Waals surface area (Å²) < 4.78 is 7.07. The van der Waals surface area contributed by atoms with Crippen LogP contribution in [0.1, 0.15) is 36.9 Å². The van der Waals surface area contributed by atoms with Crippen LogP contribution in [0.3, 0.4) is 0 Å². The molecular weight excluding hydrogens is 306 g/mol. The highest BCUT2D eigenvalue weighted by Crippen LogP contribution is 2.25. The lowest BCUT2D eigenvalue weighted by Gasteiger charge is -2.44. The van der Waals surface area contributed by atoms with Gasteiger partial charge in [-0.15, -0.1) is 0 Å². The van der Waals surface area contributed by atoms with Gasteiger partial charge in [-0.2, -0.15) is 5.10 Å². The highest BCUT2D eigenvalue weighted by Gasteiger charge is 2.37. The number of likely N-dealkylation sites (tertiary alicyclic amines) is 1. The highest BCUT2D eigenvalue weighted by atomic mass is 16.5. The van der Waals surface area contributed by atoms with Crippen molar-refractivity contribution in [3.05, 3.63) is 27.7 Å². The van der Waals surface area contributed by atoms with Gasteiger partial charge in [0.05, 0.1) is 18.8 Å². The molecule has 0 amide bonds. The minimum atomic E-state index is -0.690. The van der Waals surface area contributed by atoms with Crippen LogP contribution >= 0.6 is 0 Å². The lowest BCUT2D eigenvalue weighted by molar-refractivity contribution is -0.113. The molecule has 24 heavy (non-hydrogen) atoms. The van der Waals surface area contributed by atoms with E-state index in [-0.39, 0.29) is 5.56 Å². The summed E-state index contributed by atoms with van der Waals surface area (Å²) in [6.07, 6.45) is 6.09. The van der Waals surface area contributed by atoms with E-state index in [1.54, 1.807) is 10.7 Å². The van der Waals surface area contributed by atoms with E-state index >= 15 is 0 Å². The van der Waals surface area contributed by atoms with E-state index in [0.29, 0.717) is 25.6 Å². The second-order valence-corrected chi connectivity index (χ2v) is 7.78. The molecule has 1 aliphatic carbocycles. The number of ether oxygens (including phenoxy) is 1. The van der Waals surface area contributed by atoms with E-state index in [1.165, 1.54) is 12.8 Å². The average molecular weight is 333 g/mol. The van der Waals surface area contributed by atoms with Gasteiger partial charge in [-0.1, -0.05) is 0 Å². The second kappa shape index (κ2) is 6.58. The van der Waals surface area contributed by atoms with E-state index in [2.05, 4.69) is 10.00 Å². The van der Waals surface area contributed by atoms with Gasteiger partial charge in [0.2, 0.25) is 0 Å². The van der Waals surface area contributed by atoms with Crippen LogP contribution in [0.15, 0.2) is 10.9 Å². The van der Waals surface area contributed by atoms with Gasteiger partial charge < -0.3 is 9.84 Å². The summed E-state index contributed by atoms with van der Waals surface area (Å²) in [6.45, 7) is 4.42. The molecule has 2 aliphatic heterocycles. The summed E-state index contributed by atoms with van der Waals surface area (Å²) in [7, 11) is 0. The fraction of sp³-hybridized carbons (Fsp3) is 0.778. The Bertz CT molecular complexity index is 645. The molecular formula is C18H27N3O3.